The second-order valence-electron chi connectivity index (χ2n) is 4.89. The van der Waals surface area contributed by atoms with E-state index < -0.39 is 0 Å². The summed E-state index contributed by atoms with van der Waals surface area (Å²) in [6.07, 6.45) is 5.70. The molecule has 0 unspecified atom stereocenters. The third kappa shape index (κ3) is 3.82. The summed E-state index contributed by atoms with van der Waals surface area (Å²) in [5, 5.41) is 0.697. The molecule has 0 saturated heterocycles. The molecule has 0 amide bonds. The maximum absolute atomic E-state index is 11.9. The smallest absolute Gasteiger partial charge is 0.161 e. The van der Waals surface area contributed by atoms with Crippen LogP contribution >= 0.6 is 11.6 Å². The van der Waals surface area contributed by atoms with Crippen LogP contribution in [0.25, 0.3) is 0 Å². The summed E-state index contributed by atoms with van der Waals surface area (Å²) in [5.74, 6) is 0.478. The molecular weight excluding hydrogens is 248 g/mol. The number of ketones is 1. The Hall–Kier alpha value is -0.860. The van der Waals surface area contributed by atoms with E-state index in [0.717, 1.165) is 18.4 Å². The lowest BCUT2D eigenvalue weighted by Gasteiger charge is -2.20. The Morgan fingerprint density at radius 1 is 1.22 bits per heavy atom. The zero-order valence-corrected chi connectivity index (χ0v) is 11.3. The maximum atomic E-state index is 11.9. The minimum Gasteiger partial charge on any atom is -0.369 e. The Bertz CT molecular complexity index is 397. The van der Waals surface area contributed by atoms with Gasteiger partial charge >= 0.3 is 0 Å². The van der Waals surface area contributed by atoms with Crippen LogP contribution in [0.4, 0.5) is 0 Å². The van der Waals surface area contributed by atoms with E-state index in [9.17, 15) is 4.79 Å². The fourth-order valence-electron chi connectivity index (χ4n) is 2.42. The van der Waals surface area contributed by atoms with E-state index in [1.54, 1.807) is 0 Å². The largest absolute Gasteiger partial charge is 0.369 e. The number of carbonyl (C=O) groups is 1. The lowest BCUT2D eigenvalue weighted by molar-refractivity contribution is -0.128. The number of halogens is 1. The van der Waals surface area contributed by atoms with E-state index in [0.29, 0.717) is 11.6 Å². The third-order valence-electron chi connectivity index (χ3n) is 3.52. The van der Waals surface area contributed by atoms with Gasteiger partial charge in [-0.2, -0.15) is 0 Å². The normalized spacial score (nSPS) is 16.7. The zero-order valence-electron chi connectivity index (χ0n) is 10.5. The number of rotatable bonds is 5. The van der Waals surface area contributed by atoms with Crippen molar-refractivity contribution in [3.63, 3.8) is 0 Å². The molecule has 1 aliphatic carbocycles. The first-order chi connectivity index (χ1) is 8.77. The summed E-state index contributed by atoms with van der Waals surface area (Å²) in [6.45, 7) is 0.633. The topological polar surface area (TPSA) is 26.3 Å². The monoisotopic (exact) mass is 266 g/mol. The molecule has 3 heteroatoms. The zero-order chi connectivity index (χ0) is 12.8. The van der Waals surface area contributed by atoms with E-state index in [4.69, 9.17) is 16.3 Å². The van der Waals surface area contributed by atoms with Crippen molar-refractivity contribution in [1.29, 1.82) is 0 Å². The van der Waals surface area contributed by atoms with Crippen molar-refractivity contribution in [2.45, 2.75) is 38.7 Å². The second kappa shape index (κ2) is 6.91. The van der Waals surface area contributed by atoms with Crippen LogP contribution < -0.4 is 0 Å². The summed E-state index contributed by atoms with van der Waals surface area (Å²) >= 11 is 6.02. The van der Waals surface area contributed by atoms with Gasteiger partial charge in [-0.3, -0.25) is 4.79 Å². The highest BCUT2D eigenvalue weighted by Gasteiger charge is 2.20. The molecule has 98 valence electrons. The summed E-state index contributed by atoms with van der Waals surface area (Å²) in [7, 11) is 0. The molecule has 0 aromatic heterocycles. The Morgan fingerprint density at radius 3 is 2.67 bits per heavy atom. The van der Waals surface area contributed by atoms with Gasteiger partial charge in [0.1, 0.15) is 6.61 Å². The number of hydrogen-bond acceptors (Lipinski definition) is 2. The van der Waals surface area contributed by atoms with Crippen LogP contribution in [0.1, 0.15) is 37.7 Å². The first kappa shape index (κ1) is 13.6. The molecule has 0 radical (unpaired) electrons. The molecular formula is C15H19ClO2. The molecule has 0 aliphatic heterocycles. The lowest BCUT2D eigenvalue weighted by Crippen LogP contribution is -2.22. The maximum Gasteiger partial charge on any atom is 0.161 e. The Balaban J connectivity index is 1.75. The Kier molecular flexibility index (Phi) is 5.21. The van der Waals surface area contributed by atoms with E-state index in [1.807, 2.05) is 24.3 Å². The molecule has 0 bridgehead atoms. The Morgan fingerprint density at radius 2 is 1.94 bits per heavy atom. The fraction of sp³-hybridized carbons (Fsp3) is 0.533. The molecule has 1 aliphatic rings. The summed E-state index contributed by atoms with van der Waals surface area (Å²) in [5.41, 5.74) is 0.940. The van der Waals surface area contributed by atoms with Crippen molar-refractivity contribution in [2.24, 2.45) is 5.92 Å². The number of benzene rings is 1. The first-order valence-corrected chi connectivity index (χ1v) is 6.99. The molecule has 1 aromatic carbocycles. The van der Waals surface area contributed by atoms with Gasteiger partial charge in [-0.15, -0.1) is 0 Å². The Labute approximate surface area is 113 Å². The molecule has 0 N–H and O–H groups in total. The third-order valence-corrected chi connectivity index (χ3v) is 3.89. The average molecular weight is 267 g/mol. The van der Waals surface area contributed by atoms with Gasteiger partial charge in [0, 0.05) is 10.9 Å². The van der Waals surface area contributed by atoms with Crippen molar-refractivity contribution in [1.82, 2.24) is 0 Å². The van der Waals surface area contributed by atoms with Gasteiger partial charge in [-0.25, -0.2) is 0 Å². The molecule has 1 saturated carbocycles. The standard InChI is InChI=1S/C15H19ClO2/c16-14-9-5-4-8-13(14)10-18-11-15(17)12-6-2-1-3-7-12/h4-5,8-9,12H,1-3,6-7,10-11H2. The van der Waals surface area contributed by atoms with E-state index in [1.165, 1.54) is 19.3 Å². The quantitative estimate of drug-likeness (QED) is 0.805. The highest BCUT2D eigenvalue weighted by Crippen LogP contribution is 2.24. The van der Waals surface area contributed by atoms with Crippen molar-refractivity contribution >= 4 is 17.4 Å². The van der Waals surface area contributed by atoms with Crippen molar-refractivity contribution < 1.29 is 9.53 Å². The van der Waals surface area contributed by atoms with Gasteiger partial charge in [0.15, 0.2) is 5.78 Å². The van der Waals surface area contributed by atoms with Crippen LogP contribution in [0.15, 0.2) is 24.3 Å². The van der Waals surface area contributed by atoms with Gasteiger partial charge in [0.05, 0.1) is 6.61 Å². The van der Waals surface area contributed by atoms with Gasteiger partial charge in [-0.1, -0.05) is 49.1 Å². The molecule has 1 aromatic rings. The molecule has 1 fully saturated rings. The highest BCUT2D eigenvalue weighted by molar-refractivity contribution is 6.31. The highest BCUT2D eigenvalue weighted by atomic mass is 35.5. The average Bonchev–Trinajstić information content (AvgIpc) is 2.42. The molecule has 2 rings (SSSR count). The van der Waals surface area contributed by atoms with E-state index in [-0.39, 0.29) is 18.3 Å². The fourth-order valence-corrected chi connectivity index (χ4v) is 2.61. The number of hydrogen-bond donors (Lipinski definition) is 0. The van der Waals surface area contributed by atoms with Crippen LogP contribution in [-0.4, -0.2) is 12.4 Å². The number of ether oxygens (including phenoxy) is 1. The molecule has 18 heavy (non-hydrogen) atoms. The second-order valence-corrected chi connectivity index (χ2v) is 5.29. The molecule has 0 spiro atoms. The SMILES string of the molecule is O=C(COCc1ccccc1Cl)C1CCCCC1. The van der Waals surface area contributed by atoms with Gasteiger partial charge in [-0.05, 0) is 24.5 Å². The van der Waals surface area contributed by atoms with Crippen molar-refractivity contribution in [3.8, 4) is 0 Å². The van der Waals surface area contributed by atoms with Crippen molar-refractivity contribution in [3.05, 3.63) is 34.9 Å². The lowest BCUT2D eigenvalue weighted by atomic mass is 9.86. The van der Waals surface area contributed by atoms with Crippen LogP contribution in [0.5, 0.6) is 0 Å². The van der Waals surface area contributed by atoms with E-state index >= 15 is 0 Å². The number of Topliss-reactive ketones (excluding diaryl/α,β-unsaturated/α-hetero) is 1. The van der Waals surface area contributed by atoms with Gasteiger partial charge in [0.2, 0.25) is 0 Å². The summed E-state index contributed by atoms with van der Waals surface area (Å²) in [6, 6.07) is 7.57. The van der Waals surface area contributed by atoms with Gasteiger partial charge < -0.3 is 4.74 Å². The van der Waals surface area contributed by atoms with Crippen LogP contribution in [0.2, 0.25) is 5.02 Å². The number of carbonyl (C=O) groups excluding carboxylic acids is 1. The predicted molar refractivity (Wildman–Crippen MR) is 72.7 cm³/mol. The first-order valence-electron chi connectivity index (χ1n) is 6.61. The minimum atomic E-state index is 0.218. The van der Waals surface area contributed by atoms with Crippen LogP contribution in [-0.2, 0) is 16.1 Å². The van der Waals surface area contributed by atoms with Crippen LogP contribution in [0, 0.1) is 5.92 Å². The van der Waals surface area contributed by atoms with Crippen molar-refractivity contribution in [2.75, 3.05) is 6.61 Å². The minimum absolute atomic E-state index is 0.218. The summed E-state index contributed by atoms with van der Waals surface area (Å²) in [4.78, 5) is 11.9. The van der Waals surface area contributed by atoms with E-state index in [2.05, 4.69) is 0 Å². The molecule has 0 heterocycles. The van der Waals surface area contributed by atoms with Crippen LogP contribution in [0.3, 0.4) is 0 Å². The molecule has 2 nitrogen and oxygen atoms in total. The predicted octanol–water partition coefficient (Wildman–Crippen LogP) is 4.01. The van der Waals surface area contributed by atoms with Gasteiger partial charge in [0.25, 0.3) is 0 Å². The summed E-state index contributed by atoms with van der Waals surface area (Å²) < 4.78 is 5.48. The molecule has 0 atom stereocenters.